The van der Waals surface area contributed by atoms with Gasteiger partial charge in [0.2, 0.25) is 0 Å². The van der Waals surface area contributed by atoms with Crippen molar-refractivity contribution in [2.24, 2.45) is 12.0 Å². The number of hydrogen-bond donors (Lipinski definition) is 2. The van der Waals surface area contributed by atoms with Crippen molar-refractivity contribution in [1.82, 2.24) is 30.6 Å². The lowest BCUT2D eigenvalue weighted by molar-refractivity contribution is 0.380. The van der Waals surface area contributed by atoms with E-state index in [1.165, 1.54) is 0 Å². The molecule has 0 aliphatic carbocycles. The first-order chi connectivity index (χ1) is 12.6. The Labute approximate surface area is 178 Å². The molecule has 152 valence electrons. The Bertz CT molecular complexity index is 702. The van der Waals surface area contributed by atoms with E-state index in [1.54, 1.807) is 0 Å². The molecule has 0 spiro atoms. The van der Waals surface area contributed by atoms with Gasteiger partial charge in [0.1, 0.15) is 11.6 Å². The molecule has 0 aliphatic rings. The Morgan fingerprint density at radius 3 is 2.52 bits per heavy atom. The number of hydrogen-bond acceptors (Lipinski definition) is 5. The molecule has 0 unspecified atom stereocenters. The van der Waals surface area contributed by atoms with Gasteiger partial charge in [0.05, 0.1) is 18.8 Å². The molecule has 9 heteroatoms. The highest BCUT2D eigenvalue weighted by molar-refractivity contribution is 14.0. The third kappa shape index (κ3) is 6.47. The fraction of sp³-hybridized carbons (Fsp3) is 0.667. The van der Waals surface area contributed by atoms with E-state index in [0.717, 1.165) is 66.9 Å². The minimum atomic E-state index is 0. The first kappa shape index (κ1) is 23.4. The Hall–Kier alpha value is -1.65. The highest BCUT2D eigenvalue weighted by Crippen LogP contribution is 2.16. The number of guanidine groups is 1. The largest absolute Gasteiger partial charge is 0.361 e. The van der Waals surface area contributed by atoms with Gasteiger partial charge < -0.3 is 19.7 Å². The molecule has 0 fully saturated rings. The van der Waals surface area contributed by atoms with Crippen molar-refractivity contribution in [3.8, 4) is 0 Å². The molecule has 2 N–H and O–H groups in total. The van der Waals surface area contributed by atoms with Gasteiger partial charge in [-0.15, -0.1) is 34.2 Å². The summed E-state index contributed by atoms with van der Waals surface area (Å²) >= 11 is 0. The van der Waals surface area contributed by atoms with Crippen molar-refractivity contribution in [3.05, 3.63) is 28.7 Å². The smallest absolute Gasteiger partial charge is 0.191 e. The van der Waals surface area contributed by atoms with Gasteiger partial charge in [-0.25, -0.2) is 4.99 Å². The zero-order valence-electron chi connectivity index (χ0n) is 17.0. The second-order valence-corrected chi connectivity index (χ2v) is 6.26. The van der Waals surface area contributed by atoms with E-state index < -0.39 is 0 Å². The summed E-state index contributed by atoms with van der Waals surface area (Å²) in [7, 11) is 1.96. The predicted octanol–water partition coefficient (Wildman–Crippen LogP) is 2.89. The van der Waals surface area contributed by atoms with E-state index in [0.29, 0.717) is 13.1 Å². The van der Waals surface area contributed by atoms with E-state index in [4.69, 9.17) is 9.52 Å². The summed E-state index contributed by atoms with van der Waals surface area (Å²) in [5.74, 6) is 3.46. The minimum Gasteiger partial charge on any atom is -0.361 e. The molecule has 0 saturated carbocycles. The number of aryl methyl sites for hydroxylation is 3. The zero-order chi connectivity index (χ0) is 18.9. The average molecular weight is 489 g/mol. The molecule has 8 nitrogen and oxygen atoms in total. The maximum absolute atomic E-state index is 5.43. The molecular weight excluding hydrogens is 457 g/mol. The van der Waals surface area contributed by atoms with Crippen LogP contribution < -0.4 is 10.6 Å². The van der Waals surface area contributed by atoms with Gasteiger partial charge in [-0.1, -0.05) is 32.3 Å². The van der Waals surface area contributed by atoms with E-state index in [9.17, 15) is 0 Å². The summed E-state index contributed by atoms with van der Waals surface area (Å²) in [6.07, 6.45) is 3.90. The van der Waals surface area contributed by atoms with Crippen LogP contribution in [-0.2, 0) is 33.0 Å². The van der Waals surface area contributed by atoms with Crippen molar-refractivity contribution >= 4 is 29.9 Å². The number of aromatic nitrogens is 4. The lowest BCUT2D eigenvalue weighted by atomic mass is 10.1. The van der Waals surface area contributed by atoms with Crippen molar-refractivity contribution in [2.75, 3.05) is 6.54 Å². The van der Waals surface area contributed by atoms with Crippen LogP contribution in [0.4, 0.5) is 0 Å². The third-order valence-corrected chi connectivity index (χ3v) is 4.42. The summed E-state index contributed by atoms with van der Waals surface area (Å²) in [6.45, 7) is 10.3. The first-order valence-electron chi connectivity index (χ1n) is 9.43. The van der Waals surface area contributed by atoms with Gasteiger partial charge in [0.15, 0.2) is 11.8 Å². The number of halogens is 1. The minimum absolute atomic E-state index is 0. The van der Waals surface area contributed by atoms with Gasteiger partial charge in [0.25, 0.3) is 0 Å². The highest BCUT2D eigenvalue weighted by Gasteiger charge is 2.13. The van der Waals surface area contributed by atoms with Crippen molar-refractivity contribution in [1.29, 1.82) is 0 Å². The Balaban J connectivity index is 0.00000364. The number of aliphatic imine (C=N–C) groups is 1. The summed E-state index contributed by atoms with van der Waals surface area (Å²) in [6, 6.07) is 0. The van der Waals surface area contributed by atoms with Crippen LogP contribution in [0.25, 0.3) is 0 Å². The Kier molecular flexibility index (Phi) is 10.3. The third-order valence-electron chi connectivity index (χ3n) is 4.42. The van der Waals surface area contributed by atoms with Crippen LogP contribution in [0.2, 0.25) is 0 Å². The molecule has 0 bridgehead atoms. The SMILES string of the molecule is CCCCNC(=NCc1c(CC)noc1CC)NCc1nnc(C)n1C.I. The van der Waals surface area contributed by atoms with Crippen LogP contribution >= 0.6 is 24.0 Å². The molecule has 2 rings (SSSR count). The van der Waals surface area contributed by atoms with Gasteiger partial charge in [-0.2, -0.15) is 0 Å². The van der Waals surface area contributed by atoms with Crippen LogP contribution in [0.15, 0.2) is 9.52 Å². The van der Waals surface area contributed by atoms with E-state index in [2.05, 4.69) is 46.8 Å². The summed E-state index contributed by atoms with van der Waals surface area (Å²) in [5, 5.41) is 19.2. The maximum atomic E-state index is 5.43. The normalized spacial score (nSPS) is 11.4. The van der Waals surface area contributed by atoms with E-state index >= 15 is 0 Å². The molecule has 0 radical (unpaired) electrons. The standard InChI is InChI=1S/C18H31N7O.HI/c1-6-9-10-19-18(21-12-17-23-22-13(4)25(17)5)20-11-14-15(7-2)24-26-16(14)8-3;/h6-12H2,1-5H3,(H2,19,20,21);1H. The molecule has 2 aromatic heterocycles. The van der Waals surface area contributed by atoms with Crippen LogP contribution in [-0.4, -0.2) is 32.4 Å². The lowest BCUT2D eigenvalue weighted by Gasteiger charge is -2.12. The molecule has 2 heterocycles. The molecule has 27 heavy (non-hydrogen) atoms. The monoisotopic (exact) mass is 489 g/mol. The zero-order valence-corrected chi connectivity index (χ0v) is 19.3. The Morgan fingerprint density at radius 1 is 1.15 bits per heavy atom. The summed E-state index contributed by atoms with van der Waals surface area (Å²) in [5.41, 5.74) is 2.09. The fourth-order valence-corrected chi connectivity index (χ4v) is 2.60. The molecule has 0 aromatic carbocycles. The van der Waals surface area contributed by atoms with Gasteiger partial charge in [0, 0.05) is 25.6 Å². The topological polar surface area (TPSA) is 93.2 Å². The molecular formula is C18H32IN7O. The summed E-state index contributed by atoms with van der Waals surface area (Å²) < 4.78 is 7.41. The van der Waals surface area contributed by atoms with Crippen LogP contribution in [0.1, 0.15) is 62.3 Å². The first-order valence-corrected chi connectivity index (χ1v) is 9.43. The molecule has 0 atom stereocenters. The van der Waals surface area contributed by atoms with Crippen LogP contribution in [0, 0.1) is 6.92 Å². The van der Waals surface area contributed by atoms with Crippen molar-refractivity contribution < 1.29 is 4.52 Å². The fourth-order valence-electron chi connectivity index (χ4n) is 2.60. The number of nitrogens with one attached hydrogen (secondary N) is 2. The lowest BCUT2D eigenvalue weighted by Crippen LogP contribution is -2.38. The predicted molar refractivity (Wildman–Crippen MR) is 117 cm³/mol. The second-order valence-electron chi connectivity index (χ2n) is 6.26. The maximum Gasteiger partial charge on any atom is 0.191 e. The van der Waals surface area contributed by atoms with Crippen LogP contribution in [0.5, 0.6) is 0 Å². The Morgan fingerprint density at radius 2 is 1.93 bits per heavy atom. The van der Waals surface area contributed by atoms with Gasteiger partial charge >= 0.3 is 0 Å². The van der Waals surface area contributed by atoms with Gasteiger partial charge in [-0.3, -0.25) is 0 Å². The quantitative estimate of drug-likeness (QED) is 0.244. The van der Waals surface area contributed by atoms with Crippen LogP contribution in [0.3, 0.4) is 0 Å². The summed E-state index contributed by atoms with van der Waals surface area (Å²) in [4.78, 5) is 4.74. The number of nitrogens with zero attached hydrogens (tertiary/aromatic N) is 5. The molecule has 0 saturated heterocycles. The number of unbranched alkanes of at least 4 members (excludes halogenated alkanes) is 1. The number of rotatable bonds is 9. The van der Waals surface area contributed by atoms with Crippen molar-refractivity contribution in [2.45, 2.75) is 66.5 Å². The van der Waals surface area contributed by atoms with Crippen molar-refractivity contribution in [3.63, 3.8) is 0 Å². The van der Waals surface area contributed by atoms with Gasteiger partial charge in [-0.05, 0) is 19.8 Å². The molecule has 2 aromatic rings. The second kappa shape index (κ2) is 11.9. The molecule has 0 amide bonds. The highest BCUT2D eigenvalue weighted by atomic mass is 127. The van der Waals surface area contributed by atoms with E-state index in [-0.39, 0.29) is 24.0 Å². The average Bonchev–Trinajstić information content (AvgIpc) is 3.20. The molecule has 0 aliphatic heterocycles. The van der Waals surface area contributed by atoms with E-state index in [1.807, 2.05) is 18.5 Å².